The van der Waals surface area contributed by atoms with Gasteiger partial charge in [0.2, 0.25) is 0 Å². The maximum absolute atomic E-state index is 12.4. The van der Waals surface area contributed by atoms with Crippen molar-refractivity contribution in [3.8, 4) is 0 Å². The number of likely N-dealkylation sites (N-methyl/N-ethyl adjacent to an activating group) is 1. The van der Waals surface area contributed by atoms with Gasteiger partial charge in [0.1, 0.15) is 5.66 Å². The lowest BCUT2D eigenvalue weighted by Gasteiger charge is -2.46. The number of hydrogen-bond donors (Lipinski definition) is 1. The average Bonchev–Trinajstić information content (AvgIpc) is 2.48. The Labute approximate surface area is 128 Å². The third-order valence-electron chi connectivity index (χ3n) is 4.22. The molecule has 2 heterocycles. The standard InChI is InChI=1S/C14H17Cl2N3O/c1-14-3-4-18(2)5-6-19(14)11-8-9(15)7-10(16)12(11)13(20)17-14/h7-8H,3-6H2,1-2H3,(H,17,20)/t14-/m1/s1. The van der Waals surface area contributed by atoms with E-state index >= 15 is 0 Å². The van der Waals surface area contributed by atoms with Crippen molar-refractivity contribution in [1.29, 1.82) is 0 Å². The number of benzene rings is 1. The van der Waals surface area contributed by atoms with Crippen LogP contribution in [-0.2, 0) is 0 Å². The quantitative estimate of drug-likeness (QED) is 0.799. The molecule has 2 aliphatic heterocycles. The van der Waals surface area contributed by atoms with Crippen molar-refractivity contribution in [2.24, 2.45) is 0 Å². The fourth-order valence-corrected chi connectivity index (χ4v) is 3.56. The first-order chi connectivity index (χ1) is 9.40. The highest BCUT2D eigenvalue weighted by Gasteiger charge is 2.42. The van der Waals surface area contributed by atoms with Crippen LogP contribution in [0, 0.1) is 0 Å². The van der Waals surface area contributed by atoms with Crippen LogP contribution < -0.4 is 10.2 Å². The Hall–Kier alpha value is -0.970. The second kappa shape index (κ2) is 4.79. The molecule has 6 heteroatoms. The molecule has 1 aromatic rings. The van der Waals surface area contributed by atoms with Crippen LogP contribution >= 0.6 is 23.2 Å². The molecule has 1 aromatic carbocycles. The van der Waals surface area contributed by atoms with Crippen LogP contribution in [0.15, 0.2) is 12.1 Å². The van der Waals surface area contributed by atoms with Crippen LogP contribution in [0.4, 0.5) is 5.69 Å². The number of anilines is 1. The summed E-state index contributed by atoms with van der Waals surface area (Å²) in [6.07, 6.45) is 0.860. The number of fused-ring (bicyclic) bond motifs is 3. The third kappa shape index (κ3) is 2.16. The van der Waals surface area contributed by atoms with Gasteiger partial charge in [0.15, 0.2) is 0 Å². The minimum atomic E-state index is -0.386. The molecule has 0 aromatic heterocycles. The molecule has 0 aliphatic carbocycles. The second-order valence-electron chi connectivity index (χ2n) is 5.71. The van der Waals surface area contributed by atoms with Gasteiger partial charge in [-0.15, -0.1) is 0 Å². The van der Waals surface area contributed by atoms with E-state index in [1.54, 1.807) is 6.07 Å². The summed E-state index contributed by atoms with van der Waals surface area (Å²) in [6.45, 7) is 4.77. The van der Waals surface area contributed by atoms with Crippen LogP contribution in [0.5, 0.6) is 0 Å². The number of halogens is 2. The van der Waals surface area contributed by atoms with Crippen molar-refractivity contribution in [1.82, 2.24) is 10.2 Å². The Bertz CT molecular complexity index is 578. The fraction of sp³-hybridized carbons (Fsp3) is 0.500. The number of rotatable bonds is 0. The summed E-state index contributed by atoms with van der Waals surface area (Å²) >= 11 is 12.3. The second-order valence-corrected chi connectivity index (χ2v) is 6.56. The van der Waals surface area contributed by atoms with Crippen LogP contribution in [-0.4, -0.2) is 43.2 Å². The number of amides is 1. The molecule has 3 rings (SSSR count). The van der Waals surface area contributed by atoms with Gasteiger partial charge in [-0.05, 0) is 26.1 Å². The zero-order chi connectivity index (χ0) is 14.5. The Morgan fingerprint density at radius 2 is 2.00 bits per heavy atom. The van der Waals surface area contributed by atoms with Crippen molar-refractivity contribution in [2.75, 3.05) is 31.6 Å². The Morgan fingerprint density at radius 3 is 2.75 bits per heavy atom. The molecule has 1 fully saturated rings. The molecule has 1 saturated heterocycles. The zero-order valence-corrected chi connectivity index (χ0v) is 13.1. The van der Waals surface area contributed by atoms with Crippen molar-refractivity contribution >= 4 is 34.8 Å². The highest BCUT2D eigenvalue weighted by molar-refractivity contribution is 6.38. The van der Waals surface area contributed by atoms with Gasteiger partial charge in [0.05, 0.1) is 16.3 Å². The molecule has 0 saturated carbocycles. The van der Waals surface area contributed by atoms with Crippen LogP contribution in [0.25, 0.3) is 0 Å². The van der Waals surface area contributed by atoms with Gasteiger partial charge in [-0.2, -0.15) is 0 Å². The first-order valence-corrected chi connectivity index (χ1v) is 7.44. The van der Waals surface area contributed by atoms with E-state index in [1.807, 2.05) is 6.07 Å². The summed E-state index contributed by atoms with van der Waals surface area (Å²) in [7, 11) is 2.09. The van der Waals surface area contributed by atoms with E-state index in [1.165, 1.54) is 0 Å². The molecule has 1 N–H and O–H groups in total. The molecular formula is C14H17Cl2N3O. The minimum absolute atomic E-state index is 0.120. The van der Waals surface area contributed by atoms with Crippen molar-refractivity contribution < 1.29 is 4.79 Å². The van der Waals surface area contributed by atoms with Gasteiger partial charge < -0.3 is 15.1 Å². The van der Waals surface area contributed by atoms with Gasteiger partial charge in [-0.25, -0.2) is 0 Å². The van der Waals surface area contributed by atoms with Gasteiger partial charge >= 0.3 is 0 Å². The predicted molar refractivity (Wildman–Crippen MR) is 81.8 cm³/mol. The number of nitrogens with zero attached hydrogens (tertiary/aromatic N) is 2. The van der Waals surface area contributed by atoms with E-state index in [0.29, 0.717) is 15.6 Å². The van der Waals surface area contributed by atoms with E-state index in [0.717, 1.165) is 31.7 Å². The van der Waals surface area contributed by atoms with Gasteiger partial charge in [-0.3, -0.25) is 4.79 Å². The summed E-state index contributed by atoms with van der Waals surface area (Å²) in [6, 6.07) is 3.46. The summed E-state index contributed by atoms with van der Waals surface area (Å²) in [5, 5.41) is 4.07. The molecule has 1 amide bonds. The number of nitrogens with one attached hydrogen (secondary N) is 1. The molecule has 2 aliphatic rings. The molecule has 20 heavy (non-hydrogen) atoms. The van der Waals surface area contributed by atoms with Crippen molar-refractivity contribution in [3.05, 3.63) is 27.7 Å². The monoisotopic (exact) mass is 313 g/mol. The molecular weight excluding hydrogens is 297 g/mol. The molecule has 0 radical (unpaired) electrons. The Kier molecular flexibility index (Phi) is 3.35. The maximum Gasteiger partial charge on any atom is 0.256 e. The van der Waals surface area contributed by atoms with Gasteiger partial charge in [0.25, 0.3) is 5.91 Å². The smallest absolute Gasteiger partial charge is 0.256 e. The Morgan fingerprint density at radius 1 is 1.25 bits per heavy atom. The van der Waals surface area contributed by atoms with Crippen molar-refractivity contribution in [2.45, 2.75) is 19.0 Å². The lowest BCUT2D eigenvalue weighted by Crippen LogP contribution is -2.62. The molecule has 0 spiro atoms. The summed E-state index contributed by atoms with van der Waals surface area (Å²) in [5.41, 5.74) is 0.977. The molecule has 0 unspecified atom stereocenters. The lowest BCUT2D eigenvalue weighted by molar-refractivity contribution is 0.0886. The fourth-order valence-electron chi connectivity index (χ4n) is 2.99. The SMILES string of the molecule is CN1CCN2c3cc(Cl)cc(Cl)c3C(=O)N[C@@]2(C)CC1. The number of carbonyl (C=O) groups excluding carboxylic acids is 1. The van der Waals surface area contributed by atoms with Crippen LogP contribution in [0.3, 0.4) is 0 Å². The van der Waals surface area contributed by atoms with E-state index < -0.39 is 0 Å². The minimum Gasteiger partial charge on any atom is -0.347 e. The summed E-state index contributed by atoms with van der Waals surface area (Å²) in [5.74, 6) is -0.120. The third-order valence-corrected chi connectivity index (χ3v) is 4.73. The highest BCUT2D eigenvalue weighted by Crippen LogP contribution is 2.39. The average molecular weight is 314 g/mol. The first-order valence-electron chi connectivity index (χ1n) is 6.68. The molecule has 4 nitrogen and oxygen atoms in total. The molecule has 0 bridgehead atoms. The van der Waals surface area contributed by atoms with Gasteiger partial charge in [-0.1, -0.05) is 23.2 Å². The van der Waals surface area contributed by atoms with Gasteiger partial charge in [0, 0.05) is 31.1 Å². The van der Waals surface area contributed by atoms with Crippen molar-refractivity contribution in [3.63, 3.8) is 0 Å². The first kappa shape index (κ1) is 14.0. The predicted octanol–water partition coefficient (Wildman–Crippen LogP) is 2.59. The summed E-state index contributed by atoms with van der Waals surface area (Å²) in [4.78, 5) is 16.9. The van der Waals surface area contributed by atoms with E-state index in [-0.39, 0.29) is 11.6 Å². The molecule has 108 valence electrons. The van der Waals surface area contributed by atoms with Crippen LogP contribution in [0.2, 0.25) is 10.0 Å². The Balaban J connectivity index is 2.15. The lowest BCUT2D eigenvalue weighted by atomic mass is 9.98. The zero-order valence-electron chi connectivity index (χ0n) is 11.5. The van der Waals surface area contributed by atoms with E-state index in [9.17, 15) is 4.79 Å². The topological polar surface area (TPSA) is 35.6 Å². The van der Waals surface area contributed by atoms with E-state index in [2.05, 4.69) is 29.1 Å². The highest BCUT2D eigenvalue weighted by atomic mass is 35.5. The van der Waals surface area contributed by atoms with E-state index in [4.69, 9.17) is 23.2 Å². The van der Waals surface area contributed by atoms with Crippen LogP contribution in [0.1, 0.15) is 23.7 Å². The summed E-state index contributed by atoms with van der Waals surface area (Å²) < 4.78 is 0. The number of hydrogen-bond acceptors (Lipinski definition) is 3. The maximum atomic E-state index is 12.4. The number of carbonyl (C=O) groups is 1. The normalized spacial score (nSPS) is 26.6. The largest absolute Gasteiger partial charge is 0.347 e. The molecule has 1 atom stereocenters.